The Labute approximate surface area is 248 Å². The van der Waals surface area contributed by atoms with Crippen LogP contribution in [0.2, 0.25) is 0 Å². The molecule has 0 unspecified atom stereocenters. The maximum absolute atomic E-state index is 13.3. The van der Waals surface area contributed by atoms with E-state index in [2.05, 4.69) is 47.6 Å². The van der Waals surface area contributed by atoms with Gasteiger partial charge >= 0.3 is 5.97 Å². The predicted molar refractivity (Wildman–Crippen MR) is 162 cm³/mol. The number of aromatic nitrogens is 5. The standard InChI is InChI=1S/C34H41N5O3/c1-5-22(2)41-34(40)31-20-35-39(33(31)30-19-29(30)32-21-38(4)37-36-32)27-15-9-13-25(17-27)26-14-10-16-28(18-26)42-23(3)24-11-7-6-8-12-24/h9-10,13-18,20-24,29-30H,5-8,11-12,19H2,1-4H3/t22-,23-,29-,30-/m1/s1. The Morgan fingerprint density at radius 3 is 2.52 bits per heavy atom. The Balaban J connectivity index is 1.29. The third kappa shape index (κ3) is 5.98. The normalized spacial score (nSPS) is 20.2. The molecule has 42 heavy (non-hydrogen) atoms. The summed E-state index contributed by atoms with van der Waals surface area (Å²) >= 11 is 0. The second kappa shape index (κ2) is 12.1. The molecule has 2 aromatic carbocycles. The van der Waals surface area contributed by atoms with E-state index < -0.39 is 0 Å². The molecule has 0 spiro atoms. The molecule has 4 atom stereocenters. The third-order valence-electron chi connectivity index (χ3n) is 8.95. The van der Waals surface area contributed by atoms with Crippen molar-refractivity contribution in [3.8, 4) is 22.6 Å². The number of carbonyl (C=O) groups is 1. The number of esters is 1. The molecule has 0 amide bonds. The average Bonchev–Trinajstić information content (AvgIpc) is 3.46. The number of hydrogen-bond donors (Lipinski definition) is 0. The number of carbonyl (C=O) groups excluding carboxylic acids is 1. The summed E-state index contributed by atoms with van der Waals surface area (Å²) in [4.78, 5) is 13.3. The molecule has 0 N–H and O–H groups in total. The largest absolute Gasteiger partial charge is 0.490 e. The summed E-state index contributed by atoms with van der Waals surface area (Å²) in [5.41, 5.74) is 5.37. The van der Waals surface area contributed by atoms with Crippen molar-refractivity contribution in [2.24, 2.45) is 13.0 Å². The highest BCUT2D eigenvalue weighted by Crippen LogP contribution is 2.55. The molecule has 220 valence electrons. The molecule has 4 aromatic rings. The summed E-state index contributed by atoms with van der Waals surface area (Å²) in [6.45, 7) is 6.13. The van der Waals surface area contributed by atoms with Crippen molar-refractivity contribution in [1.29, 1.82) is 0 Å². The summed E-state index contributed by atoms with van der Waals surface area (Å²) in [6, 6.07) is 16.7. The Morgan fingerprint density at radius 1 is 1.02 bits per heavy atom. The van der Waals surface area contributed by atoms with Crippen LogP contribution in [0.4, 0.5) is 0 Å². The van der Waals surface area contributed by atoms with Gasteiger partial charge < -0.3 is 9.47 Å². The Bertz CT molecular complexity index is 1540. The zero-order valence-corrected chi connectivity index (χ0v) is 25.1. The number of rotatable bonds is 10. The molecular formula is C34H41N5O3. The quantitative estimate of drug-likeness (QED) is 0.188. The van der Waals surface area contributed by atoms with Gasteiger partial charge in [0.2, 0.25) is 0 Å². The van der Waals surface area contributed by atoms with Gasteiger partial charge in [-0.15, -0.1) is 5.10 Å². The lowest BCUT2D eigenvalue weighted by Gasteiger charge is -2.28. The van der Waals surface area contributed by atoms with Gasteiger partial charge in [0.1, 0.15) is 11.3 Å². The third-order valence-corrected chi connectivity index (χ3v) is 8.95. The molecule has 2 saturated carbocycles. The lowest BCUT2D eigenvalue weighted by atomic mass is 9.86. The van der Waals surface area contributed by atoms with Gasteiger partial charge in [-0.05, 0) is 80.8 Å². The van der Waals surface area contributed by atoms with Crippen molar-refractivity contribution in [2.75, 3.05) is 0 Å². The fourth-order valence-electron chi connectivity index (χ4n) is 6.25. The highest BCUT2D eigenvalue weighted by Gasteiger charge is 2.46. The van der Waals surface area contributed by atoms with Crippen LogP contribution in [0, 0.1) is 5.92 Å². The van der Waals surface area contributed by atoms with E-state index >= 15 is 0 Å². The van der Waals surface area contributed by atoms with E-state index in [1.807, 2.05) is 50.0 Å². The molecule has 0 aliphatic heterocycles. The lowest BCUT2D eigenvalue weighted by Crippen LogP contribution is -2.25. The van der Waals surface area contributed by atoms with Crippen molar-refractivity contribution in [2.45, 2.75) is 89.8 Å². The summed E-state index contributed by atoms with van der Waals surface area (Å²) in [6.07, 6.45) is 11.7. The lowest BCUT2D eigenvalue weighted by molar-refractivity contribution is 0.0333. The maximum atomic E-state index is 13.3. The second-order valence-electron chi connectivity index (χ2n) is 12.0. The topological polar surface area (TPSA) is 84.1 Å². The first-order valence-electron chi connectivity index (χ1n) is 15.4. The van der Waals surface area contributed by atoms with E-state index in [4.69, 9.17) is 14.6 Å². The van der Waals surface area contributed by atoms with Crippen molar-refractivity contribution in [3.63, 3.8) is 0 Å². The average molecular weight is 568 g/mol. The predicted octanol–water partition coefficient (Wildman–Crippen LogP) is 7.24. The van der Waals surface area contributed by atoms with Crippen LogP contribution in [0.1, 0.15) is 99.3 Å². The molecule has 6 rings (SSSR count). The summed E-state index contributed by atoms with van der Waals surface area (Å²) < 4.78 is 15.8. The molecule has 8 nitrogen and oxygen atoms in total. The van der Waals surface area contributed by atoms with Crippen molar-refractivity contribution < 1.29 is 14.3 Å². The molecule has 2 heterocycles. The molecule has 8 heteroatoms. The minimum atomic E-state index is -0.330. The van der Waals surface area contributed by atoms with Gasteiger partial charge in [-0.1, -0.05) is 55.7 Å². The highest BCUT2D eigenvalue weighted by atomic mass is 16.5. The van der Waals surface area contributed by atoms with Crippen molar-refractivity contribution in [3.05, 3.63) is 77.9 Å². The molecule has 2 aliphatic carbocycles. The number of benzene rings is 2. The minimum Gasteiger partial charge on any atom is -0.490 e. The van der Waals surface area contributed by atoms with Crippen molar-refractivity contribution >= 4 is 5.97 Å². The summed E-state index contributed by atoms with van der Waals surface area (Å²) in [5.74, 6) is 1.48. The number of ether oxygens (including phenoxy) is 2. The van der Waals surface area contributed by atoms with Gasteiger partial charge in [-0.3, -0.25) is 4.68 Å². The number of hydrogen-bond acceptors (Lipinski definition) is 6. The molecule has 0 bridgehead atoms. The van der Waals surface area contributed by atoms with E-state index in [1.54, 1.807) is 10.9 Å². The van der Waals surface area contributed by atoms with Gasteiger partial charge in [0.15, 0.2) is 0 Å². The van der Waals surface area contributed by atoms with Gasteiger partial charge in [0.05, 0.1) is 35.5 Å². The zero-order valence-electron chi connectivity index (χ0n) is 25.1. The van der Waals surface area contributed by atoms with E-state index in [1.165, 1.54) is 32.1 Å². The molecule has 2 fully saturated rings. The molecule has 0 saturated heterocycles. The van der Waals surface area contributed by atoms with E-state index in [-0.39, 0.29) is 30.0 Å². The van der Waals surface area contributed by atoms with Crippen LogP contribution >= 0.6 is 0 Å². The fourth-order valence-corrected chi connectivity index (χ4v) is 6.25. The Kier molecular flexibility index (Phi) is 8.13. The van der Waals surface area contributed by atoms with E-state index in [9.17, 15) is 4.79 Å². The van der Waals surface area contributed by atoms with Gasteiger partial charge in [0, 0.05) is 25.1 Å². The highest BCUT2D eigenvalue weighted by molar-refractivity contribution is 5.91. The van der Waals surface area contributed by atoms with Gasteiger partial charge in [0.25, 0.3) is 0 Å². The molecule has 0 radical (unpaired) electrons. The fraction of sp³-hybridized carbons (Fsp3) is 0.471. The van der Waals surface area contributed by atoms with Crippen LogP contribution in [-0.2, 0) is 11.8 Å². The van der Waals surface area contributed by atoms with Crippen LogP contribution in [0.15, 0.2) is 60.9 Å². The monoisotopic (exact) mass is 567 g/mol. The minimum absolute atomic E-state index is 0.102. The molecule has 2 aliphatic rings. The molecule has 2 aromatic heterocycles. The van der Waals surface area contributed by atoms with Crippen LogP contribution < -0.4 is 4.74 Å². The first-order chi connectivity index (χ1) is 20.4. The Morgan fingerprint density at radius 2 is 1.79 bits per heavy atom. The first kappa shape index (κ1) is 28.2. The van der Waals surface area contributed by atoms with Crippen LogP contribution in [-0.4, -0.2) is 43.0 Å². The van der Waals surface area contributed by atoms with E-state index in [0.29, 0.717) is 11.5 Å². The van der Waals surface area contributed by atoms with Crippen molar-refractivity contribution in [1.82, 2.24) is 24.8 Å². The SMILES string of the molecule is CC[C@@H](C)OC(=O)c1cnn(-c2cccc(-c3cccc(O[C@H](C)C4CCCCC4)c3)c2)c1[C@@H]1C[C@H]1c1cn(C)nn1. The first-order valence-corrected chi connectivity index (χ1v) is 15.4. The smallest absolute Gasteiger partial charge is 0.341 e. The number of aryl methyl sites for hydroxylation is 1. The summed E-state index contributed by atoms with van der Waals surface area (Å²) in [5, 5.41) is 13.2. The van der Waals surface area contributed by atoms with Crippen LogP contribution in [0.25, 0.3) is 16.8 Å². The molecular weight excluding hydrogens is 526 g/mol. The zero-order chi connectivity index (χ0) is 29.2. The van der Waals surface area contributed by atoms with E-state index in [0.717, 1.165) is 46.8 Å². The Hall–Kier alpha value is -3.94. The summed E-state index contributed by atoms with van der Waals surface area (Å²) in [7, 11) is 1.87. The van der Waals surface area contributed by atoms with Crippen LogP contribution in [0.3, 0.4) is 0 Å². The maximum Gasteiger partial charge on any atom is 0.341 e. The van der Waals surface area contributed by atoms with Gasteiger partial charge in [-0.25, -0.2) is 9.48 Å². The number of nitrogens with zero attached hydrogens (tertiary/aromatic N) is 5. The second-order valence-corrected chi connectivity index (χ2v) is 12.0. The van der Waals surface area contributed by atoms with Crippen LogP contribution in [0.5, 0.6) is 5.75 Å². The van der Waals surface area contributed by atoms with Gasteiger partial charge in [-0.2, -0.15) is 5.10 Å².